The average molecular weight is 575 g/mol. The molecule has 3 aromatic rings. The van der Waals surface area contributed by atoms with Crippen LogP contribution in [0.4, 0.5) is 11.5 Å². The molecule has 0 atom stereocenters. The number of hydrogen-bond acceptors (Lipinski definition) is 9. The smallest absolute Gasteiger partial charge is 0.318 e. The van der Waals surface area contributed by atoms with Crippen molar-refractivity contribution in [3.8, 4) is 11.8 Å². The van der Waals surface area contributed by atoms with Gasteiger partial charge in [-0.3, -0.25) is 9.69 Å². The van der Waals surface area contributed by atoms with Crippen LogP contribution in [-0.2, 0) is 17.8 Å². The third-order valence-electron chi connectivity index (χ3n) is 8.34. The minimum atomic E-state index is -0.0277. The zero-order valence-corrected chi connectivity index (χ0v) is 24.5. The van der Waals surface area contributed by atoms with E-state index in [9.17, 15) is 9.90 Å². The average Bonchev–Trinajstić information content (AvgIpc) is 3.05. The number of rotatable bonds is 7. The van der Waals surface area contributed by atoms with Crippen LogP contribution in [0.15, 0.2) is 49.1 Å². The Hall–Kier alpha value is -3.89. The normalized spacial score (nSPS) is 17.3. The van der Waals surface area contributed by atoms with E-state index in [1.54, 1.807) is 0 Å². The lowest BCUT2D eigenvalue weighted by molar-refractivity contribution is -0.126. The van der Waals surface area contributed by atoms with Crippen LogP contribution in [0.1, 0.15) is 30.5 Å². The third-order valence-corrected chi connectivity index (χ3v) is 8.34. The van der Waals surface area contributed by atoms with E-state index >= 15 is 0 Å². The molecule has 4 heterocycles. The highest BCUT2D eigenvalue weighted by molar-refractivity contribution is 5.95. The number of nitrogens with zero attached hydrogens (tertiary/aromatic N) is 6. The lowest BCUT2D eigenvalue weighted by Gasteiger charge is -2.38. The topological polar surface area (TPSA) is 106 Å². The summed E-state index contributed by atoms with van der Waals surface area (Å²) in [5.74, 6) is 1.15. The van der Waals surface area contributed by atoms with Gasteiger partial charge < -0.3 is 29.6 Å². The summed E-state index contributed by atoms with van der Waals surface area (Å²) >= 11 is 0. The van der Waals surface area contributed by atoms with Crippen molar-refractivity contribution in [2.75, 3.05) is 75.9 Å². The van der Waals surface area contributed by atoms with Crippen LogP contribution in [0.5, 0.6) is 11.8 Å². The number of carbonyl (C=O) groups excluding carboxylic acids is 1. The predicted octanol–water partition coefficient (Wildman–Crippen LogP) is 3.21. The van der Waals surface area contributed by atoms with Gasteiger partial charge >= 0.3 is 6.01 Å². The van der Waals surface area contributed by atoms with E-state index in [0.29, 0.717) is 45.3 Å². The fraction of sp³-hybridized carbons (Fsp3) is 0.469. The Labute approximate surface area is 247 Å². The van der Waals surface area contributed by atoms with E-state index in [-0.39, 0.29) is 11.7 Å². The van der Waals surface area contributed by atoms with Gasteiger partial charge in [-0.05, 0) is 49.9 Å². The third kappa shape index (κ3) is 6.60. The first kappa shape index (κ1) is 29.6. The Morgan fingerprint density at radius 2 is 1.74 bits per heavy atom. The van der Waals surface area contributed by atoms with Gasteiger partial charge in [-0.1, -0.05) is 37.3 Å². The van der Waals surface area contributed by atoms with Gasteiger partial charge in [0.25, 0.3) is 0 Å². The molecule has 0 saturated carbocycles. The summed E-state index contributed by atoms with van der Waals surface area (Å²) in [5, 5.41) is 19.6. The van der Waals surface area contributed by atoms with E-state index in [1.807, 2.05) is 35.2 Å². The van der Waals surface area contributed by atoms with Crippen LogP contribution < -0.4 is 14.5 Å². The largest absolute Gasteiger partial charge is 0.508 e. The van der Waals surface area contributed by atoms with E-state index in [4.69, 9.17) is 19.8 Å². The standard InChI is InChI=1S/C31H38N6O3.CH4O/c1-2-29(39)35-14-16-36(17-15-35)30-26-10-13-37(28-21-24(38)20-23-8-4-5-9-25(23)28)22-27(26)32-31(33-30)40-19-18-34-11-6-3-7-12-34;1-2/h2,4-5,8-9,20-21,38H,1,3,6-7,10-19,22H2;2H,1H3. The van der Waals surface area contributed by atoms with E-state index in [2.05, 4.69) is 27.3 Å². The zero-order chi connectivity index (χ0) is 29.5. The number of anilines is 2. The van der Waals surface area contributed by atoms with E-state index < -0.39 is 0 Å². The molecule has 6 rings (SSSR count). The van der Waals surface area contributed by atoms with Gasteiger partial charge in [0.05, 0.1) is 12.2 Å². The number of aliphatic hydroxyl groups is 1. The summed E-state index contributed by atoms with van der Waals surface area (Å²) < 4.78 is 6.19. The number of aromatic hydroxyl groups is 1. The number of ether oxygens (including phenoxy) is 1. The summed E-state index contributed by atoms with van der Waals surface area (Å²) in [4.78, 5) is 30.9. The maximum atomic E-state index is 12.1. The van der Waals surface area contributed by atoms with Crippen molar-refractivity contribution >= 4 is 28.2 Å². The van der Waals surface area contributed by atoms with Gasteiger partial charge in [-0.2, -0.15) is 9.97 Å². The number of aliphatic hydroxyl groups excluding tert-OH is 1. The molecule has 10 nitrogen and oxygen atoms in total. The molecular formula is C32H42N6O4. The van der Waals surface area contributed by atoms with Crippen molar-refractivity contribution in [1.82, 2.24) is 19.8 Å². The second-order valence-corrected chi connectivity index (χ2v) is 10.9. The van der Waals surface area contributed by atoms with Crippen molar-refractivity contribution in [3.05, 3.63) is 60.3 Å². The molecule has 0 radical (unpaired) electrons. The van der Waals surface area contributed by atoms with Gasteiger partial charge in [0.2, 0.25) is 5.91 Å². The van der Waals surface area contributed by atoms with E-state index in [1.165, 1.54) is 25.3 Å². The Morgan fingerprint density at radius 3 is 2.50 bits per heavy atom. The fourth-order valence-corrected chi connectivity index (χ4v) is 6.17. The van der Waals surface area contributed by atoms with Crippen LogP contribution in [0, 0.1) is 0 Å². The maximum Gasteiger partial charge on any atom is 0.318 e. The van der Waals surface area contributed by atoms with Gasteiger partial charge in [0.15, 0.2) is 0 Å². The number of hydrogen-bond donors (Lipinski definition) is 2. The molecule has 2 fully saturated rings. The lowest BCUT2D eigenvalue weighted by atomic mass is 10.0. The number of phenolic OH excluding ortho intramolecular Hbond substituents is 1. The lowest BCUT2D eigenvalue weighted by Crippen LogP contribution is -2.49. The molecule has 0 bridgehead atoms. The highest BCUT2D eigenvalue weighted by Gasteiger charge is 2.29. The predicted molar refractivity (Wildman–Crippen MR) is 165 cm³/mol. The number of carbonyl (C=O) groups is 1. The number of aromatic nitrogens is 2. The van der Waals surface area contributed by atoms with Crippen LogP contribution in [0.2, 0.25) is 0 Å². The number of phenols is 1. The van der Waals surface area contributed by atoms with Crippen molar-refractivity contribution in [1.29, 1.82) is 0 Å². The van der Waals surface area contributed by atoms with Crippen molar-refractivity contribution in [2.45, 2.75) is 32.2 Å². The zero-order valence-electron chi connectivity index (χ0n) is 24.5. The molecule has 3 aliphatic rings. The first-order chi connectivity index (χ1) is 20.6. The molecule has 10 heteroatoms. The minimum absolute atomic E-state index is 0.0277. The van der Waals surface area contributed by atoms with Crippen LogP contribution >= 0.6 is 0 Å². The first-order valence-corrected chi connectivity index (χ1v) is 14.9. The molecule has 42 heavy (non-hydrogen) atoms. The second kappa shape index (κ2) is 13.8. The van der Waals surface area contributed by atoms with Gasteiger partial charge in [0.1, 0.15) is 18.2 Å². The summed E-state index contributed by atoms with van der Waals surface area (Å²) in [6.45, 7) is 11.4. The SMILES string of the molecule is C=CC(=O)N1CCN(c2nc(OCCN3CCCCC3)nc3c2CCN(c2cc(O)cc4ccccc24)C3)CC1.CO. The van der Waals surface area contributed by atoms with Crippen LogP contribution in [-0.4, -0.2) is 102 Å². The molecule has 224 valence electrons. The van der Waals surface area contributed by atoms with E-state index in [0.717, 1.165) is 73.2 Å². The Kier molecular flexibility index (Phi) is 9.76. The number of piperidine rings is 1. The quantitative estimate of drug-likeness (QED) is 0.412. The molecule has 2 saturated heterocycles. The van der Waals surface area contributed by atoms with Gasteiger partial charge in [0, 0.05) is 69.1 Å². The number of benzene rings is 2. The fourth-order valence-electron chi connectivity index (χ4n) is 6.17. The summed E-state index contributed by atoms with van der Waals surface area (Å²) in [6, 6.07) is 12.2. The summed E-state index contributed by atoms with van der Waals surface area (Å²) in [7, 11) is 1.00. The van der Waals surface area contributed by atoms with Crippen LogP contribution in [0.25, 0.3) is 10.8 Å². The Balaban J connectivity index is 0.00000173. The van der Waals surface area contributed by atoms with Crippen molar-refractivity contribution < 1.29 is 19.7 Å². The molecule has 3 aliphatic heterocycles. The molecular weight excluding hydrogens is 532 g/mol. The molecule has 0 aliphatic carbocycles. The maximum absolute atomic E-state index is 12.1. The molecule has 1 amide bonds. The van der Waals surface area contributed by atoms with Crippen LogP contribution in [0.3, 0.4) is 0 Å². The van der Waals surface area contributed by atoms with Crippen molar-refractivity contribution in [3.63, 3.8) is 0 Å². The number of fused-ring (bicyclic) bond motifs is 2. The number of likely N-dealkylation sites (tertiary alicyclic amines) is 1. The molecule has 1 aromatic heterocycles. The van der Waals surface area contributed by atoms with Gasteiger partial charge in [-0.15, -0.1) is 0 Å². The molecule has 2 N–H and O–H groups in total. The number of piperazine rings is 1. The Bertz CT molecular complexity index is 1380. The molecule has 2 aromatic carbocycles. The Morgan fingerprint density at radius 1 is 0.976 bits per heavy atom. The molecule has 0 unspecified atom stereocenters. The van der Waals surface area contributed by atoms with Crippen molar-refractivity contribution in [2.24, 2.45) is 0 Å². The summed E-state index contributed by atoms with van der Waals surface area (Å²) in [6.07, 6.45) is 5.98. The monoisotopic (exact) mass is 574 g/mol. The second-order valence-electron chi connectivity index (χ2n) is 10.9. The minimum Gasteiger partial charge on any atom is -0.508 e. The number of amides is 1. The first-order valence-electron chi connectivity index (χ1n) is 14.9. The summed E-state index contributed by atoms with van der Waals surface area (Å²) in [5.41, 5.74) is 3.11. The van der Waals surface area contributed by atoms with Gasteiger partial charge in [-0.25, -0.2) is 0 Å². The molecule has 0 spiro atoms. The highest BCUT2D eigenvalue weighted by Crippen LogP contribution is 2.36. The highest BCUT2D eigenvalue weighted by atomic mass is 16.5.